The molecular weight excluding hydrogens is 280 g/mol. The summed E-state index contributed by atoms with van der Waals surface area (Å²) in [4.78, 5) is 0. The Hall–Kier alpha value is -1.25. The Balaban J connectivity index is 2.08. The van der Waals surface area contributed by atoms with E-state index < -0.39 is 0 Å². The van der Waals surface area contributed by atoms with Crippen LogP contribution in [-0.4, -0.2) is 4.57 Å². The van der Waals surface area contributed by atoms with Gasteiger partial charge in [0.2, 0.25) is 0 Å². The van der Waals surface area contributed by atoms with Crippen molar-refractivity contribution < 1.29 is 0 Å². The number of hydrogen-bond acceptors (Lipinski definition) is 1. The highest BCUT2D eigenvalue weighted by atomic mass is 35.5. The van der Waals surface area contributed by atoms with Gasteiger partial charge in [0.1, 0.15) is 0 Å². The molecule has 0 fully saturated rings. The summed E-state index contributed by atoms with van der Waals surface area (Å²) in [5.41, 5.74) is 5.40. The highest BCUT2D eigenvalue weighted by Gasteiger charge is 2.12. The maximum Gasteiger partial charge on any atom is 0.0406 e. The van der Waals surface area contributed by atoms with Crippen LogP contribution in [0.2, 0.25) is 5.02 Å². The highest BCUT2D eigenvalue weighted by molar-refractivity contribution is 6.30. The van der Waals surface area contributed by atoms with Gasteiger partial charge in [-0.3, -0.25) is 0 Å². The van der Waals surface area contributed by atoms with Gasteiger partial charge in [-0.2, -0.15) is 0 Å². The molecule has 0 saturated heterocycles. The predicted molar refractivity (Wildman–Crippen MR) is 90.9 cm³/mol. The lowest BCUT2D eigenvalue weighted by Crippen LogP contribution is -2.20. The van der Waals surface area contributed by atoms with E-state index >= 15 is 0 Å². The Kier molecular flexibility index (Phi) is 5.49. The molecular formula is C18H25ClN2. The molecule has 0 spiro atoms. The topological polar surface area (TPSA) is 17.0 Å². The largest absolute Gasteiger partial charge is 0.349 e. The summed E-state index contributed by atoms with van der Waals surface area (Å²) < 4.78 is 2.36. The van der Waals surface area contributed by atoms with E-state index in [1.807, 2.05) is 12.1 Å². The summed E-state index contributed by atoms with van der Waals surface area (Å²) in [5, 5.41) is 4.46. The van der Waals surface area contributed by atoms with E-state index in [4.69, 9.17) is 11.6 Å². The molecule has 2 nitrogen and oxygen atoms in total. The van der Waals surface area contributed by atoms with Gasteiger partial charge >= 0.3 is 0 Å². The molecule has 0 bridgehead atoms. The van der Waals surface area contributed by atoms with Crippen LogP contribution in [-0.2, 0) is 13.1 Å². The standard InChI is InChI=1S/C18H25ClN2/c1-5-18(15-7-9-17(19)10-8-15)20-12-16-11-13(3)21(6-2)14(16)4/h7-11,18,20H,5-6,12H2,1-4H3. The molecule has 3 heteroatoms. The lowest BCUT2D eigenvalue weighted by atomic mass is 10.0. The van der Waals surface area contributed by atoms with Crippen LogP contribution >= 0.6 is 11.6 Å². The molecule has 0 aliphatic carbocycles. The molecule has 1 atom stereocenters. The fourth-order valence-electron chi connectivity index (χ4n) is 2.96. The van der Waals surface area contributed by atoms with E-state index in [9.17, 15) is 0 Å². The Morgan fingerprint density at radius 1 is 1.14 bits per heavy atom. The van der Waals surface area contributed by atoms with Crippen LogP contribution in [0.3, 0.4) is 0 Å². The van der Waals surface area contributed by atoms with Gasteiger partial charge < -0.3 is 9.88 Å². The van der Waals surface area contributed by atoms with Gasteiger partial charge in [-0.1, -0.05) is 30.7 Å². The van der Waals surface area contributed by atoms with Crippen molar-refractivity contribution in [1.82, 2.24) is 9.88 Å². The number of hydrogen-bond donors (Lipinski definition) is 1. The quantitative estimate of drug-likeness (QED) is 0.793. The van der Waals surface area contributed by atoms with E-state index in [1.54, 1.807) is 0 Å². The van der Waals surface area contributed by atoms with Gasteiger partial charge in [-0.25, -0.2) is 0 Å². The zero-order valence-corrected chi connectivity index (χ0v) is 14.2. The first-order chi connectivity index (χ1) is 10.1. The predicted octanol–water partition coefficient (Wildman–Crippen LogP) is 5.02. The molecule has 2 aromatic rings. The lowest BCUT2D eigenvalue weighted by molar-refractivity contribution is 0.517. The van der Waals surface area contributed by atoms with E-state index in [1.165, 1.54) is 22.5 Å². The van der Waals surface area contributed by atoms with Gasteiger partial charge in [0.15, 0.2) is 0 Å². The minimum atomic E-state index is 0.368. The van der Waals surface area contributed by atoms with Crippen molar-refractivity contribution in [3.05, 3.63) is 57.9 Å². The first kappa shape index (κ1) is 16.1. The SMILES string of the molecule is CCC(NCc1cc(C)n(CC)c1C)c1ccc(Cl)cc1. The van der Waals surface area contributed by atoms with Crippen LogP contribution in [0.1, 0.15) is 48.8 Å². The first-order valence-corrected chi connectivity index (χ1v) is 8.09. The average molecular weight is 305 g/mol. The molecule has 0 aliphatic heterocycles. The number of nitrogens with one attached hydrogen (secondary N) is 1. The average Bonchev–Trinajstić information content (AvgIpc) is 2.75. The number of benzene rings is 1. The zero-order chi connectivity index (χ0) is 15.4. The summed E-state index contributed by atoms with van der Waals surface area (Å²) in [6, 6.07) is 10.8. The Labute approximate surface area is 133 Å². The van der Waals surface area contributed by atoms with Crippen molar-refractivity contribution in [3.63, 3.8) is 0 Å². The lowest BCUT2D eigenvalue weighted by Gasteiger charge is -2.18. The molecule has 0 saturated carbocycles. The molecule has 0 aliphatic rings. The van der Waals surface area contributed by atoms with Crippen LogP contribution in [0.4, 0.5) is 0 Å². The molecule has 1 aromatic heterocycles. The van der Waals surface area contributed by atoms with Gasteiger partial charge in [-0.15, -0.1) is 0 Å². The Bertz CT molecular complexity index is 584. The molecule has 1 heterocycles. The van der Waals surface area contributed by atoms with Crippen LogP contribution in [0.25, 0.3) is 0 Å². The Morgan fingerprint density at radius 2 is 1.81 bits per heavy atom. The minimum Gasteiger partial charge on any atom is -0.349 e. The number of aromatic nitrogens is 1. The van der Waals surface area contributed by atoms with Crippen LogP contribution in [0.5, 0.6) is 0 Å². The van der Waals surface area contributed by atoms with Crippen molar-refractivity contribution in [2.24, 2.45) is 0 Å². The van der Waals surface area contributed by atoms with Gasteiger partial charge in [0.05, 0.1) is 0 Å². The third-order valence-electron chi connectivity index (χ3n) is 4.21. The van der Waals surface area contributed by atoms with Crippen molar-refractivity contribution in [2.45, 2.75) is 53.2 Å². The fourth-order valence-corrected chi connectivity index (χ4v) is 3.09. The number of aryl methyl sites for hydroxylation is 1. The second kappa shape index (κ2) is 7.15. The van der Waals surface area contributed by atoms with E-state index in [0.717, 1.165) is 24.5 Å². The zero-order valence-electron chi connectivity index (χ0n) is 13.4. The van der Waals surface area contributed by atoms with Gasteiger partial charge in [0, 0.05) is 35.5 Å². The Morgan fingerprint density at radius 3 is 2.33 bits per heavy atom. The summed E-state index contributed by atoms with van der Waals surface area (Å²) in [6.45, 7) is 10.7. The molecule has 0 amide bonds. The summed E-state index contributed by atoms with van der Waals surface area (Å²) in [6.07, 6.45) is 1.06. The summed E-state index contributed by atoms with van der Waals surface area (Å²) >= 11 is 5.97. The van der Waals surface area contributed by atoms with Crippen molar-refractivity contribution in [1.29, 1.82) is 0 Å². The highest BCUT2D eigenvalue weighted by Crippen LogP contribution is 2.21. The second-order valence-corrected chi connectivity index (χ2v) is 5.97. The molecule has 1 unspecified atom stereocenters. The smallest absolute Gasteiger partial charge is 0.0406 e. The molecule has 1 aromatic carbocycles. The monoisotopic (exact) mass is 304 g/mol. The van der Waals surface area contributed by atoms with Crippen LogP contribution in [0.15, 0.2) is 30.3 Å². The summed E-state index contributed by atoms with van der Waals surface area (Å²) in [5.74, 6) is 0. The number of rotatable bonds is 6. The molecule has 2 rings (SSSR count). The van der Waals surface area contributed by atoms with E-state index in [2.05, 4.69) is 55.8 Å². The molecule has 21 heavy (non-hydrogen) atoms. The third kappa shape index (κ3) is 3.69. The van der Waals surface area contributed by atoms with E-state index in [0.29, 0.717) is 6.04 Å². The van der Waals surface area contributed by atoms with Gasteiger partial charge in [-0.05, 0) is 56.5 Å². The second-order valence-electron chi connectivity index (χ2n) is 5.53. The third-order valence-corrected chi connectivity index (χ3v) is 4.47. The fraction of sp³-hybridized carbons (Fsp3) is 0.444. The van der Waals surface area contributed by atoms with Crippen LogP contribution < -0.4 is 5.32 Å². The minimum absolute atomic E-state index is 0.368. The summed E-state index contributed by atoms with van der Waals surface area (Å²) in [7, 11) is 0. The maximum atomic E-state index is 5.97. The van der Waals surface area contributed by atoms with E-state index in [-0.39, 0.29) is 0 Å². The molecule has 1 N–H and O–H groups in total. The first-order valence-electron chi connectivity index (χ1n) is 7.71. The van der Waals surface area contributed by atoms with Crippen molar-refractivity contribution >= 4 is 11.6 Å². The van der Waals surface area contributed by atoms with Crippen LogP contribution in [0, 0.1) is 13.8 Å². The van der Waals surface area contributed by atoms with Gasteiger partial charge in [0.25, 0.3) is 0 Å². The van der Waals surface area contributed by atoms with Crippen molar-refractivity contribution in [3.8, 4) is 0 Å². The molecule has 114 valence electrons. The normalized spacial score (nSPS) is 12.6. The maximum absolute atomic E-state index is 5.97. The number of nitrogens with zero attached hydrogens (tertiary/aromatic N) is 1. The number of halogens is 1. The van der Waals surface area contributed by atoms with Crippen molar-refractivity contribution in [2.75, 3.05) is 0 Å². The molecule has 0 radical (unpaired) electrons.